The molecule has 4 rings (SSSR count). The lowest BCUT2D eigenvalue weighted by molar-refractivity contribution is -0.117. The van der Waals surface area contributed by atoms with Crippen molar-refractivity contribution in [3.8, 4) is 11.1 Å². The van der Waals surface area contributed by atoms with Gasteiger partial charge < -0.3 is 15.0 Å². The molecular weight excluding hydrogens is 390 g/mol. The van der Waals surface area contributed by atoms with E-state index in [0.717, 1.165) is 34.5 Å². The number of hydrogen-bond acceptors (Lipinski definition) is 5. The van der Waals surface area contributed by atoms with Crippen molar-refractivity contribution in [3.05, 3.63) is 78.1 Å². The minimum Gasteiger partial charge on any atom is -0.465 e. The van der Waals surface area contributed by atoms with Gasteiger partial charge in [-0.15, -0.1) is 0 Å². The van der Waals surface area contributed by atoms with Crippen LogP contribution in [0.15, 0.2) is 67.0 Å². The molecule has 6 heteroatoms. The van der Waals surface area contributed by atoms with Crippen molar-refractivity contribution < 1.29 is 14.3 Å². The first-order valence-electron chi connectivity index (χ1n) is 10.3. The third-order valence-electron chi connectivity index (χ3n) is 5.64. The third-order valence-corrected chi connectivity index (χ3v) is 5.64. The Morgan fingerprint density at radius 2 is 1.90 bits per heavy atom. The Kier molecular flexibility index (Phi) is 5.71. The Balaban J connectivity index is 1.78. The van der Waals surface area contributed by atoms with Crippen LogP contribution in [0.5, 0.6) is 0 Å². The molecule has 0 bridgehead atoms. The van der Waals surface area contributed by atoms with Crippen LogP contribution in [-0.2, 0) is 9.53 Å². The summed E-state index contributed by atoms with van der Waals surface area (Å²) in [6.45, 7) is 3.67. The van der Waals surface area contributed by atoms with Crippen molar-refractivity contribution >= 4 is 23.3 Å². The van der Waals surface area contributed by atoms with Crippen molar-refractivity contribution in [1.29, 1.82) is 0 Å². The highest BCUT2D eigenvalue weighted by Crippen LogP contribution is 2.41. The van der Waals surface area contributed by atoms with Gasteiger partial charge in [0, 0.05) is 31.0 Å². The molecule has 2 aromatic carbocycles. The van der Waals surface area contributed by atoms with E-state index < -0.39 is 0 Å². The standard InChI is InChI=1S/C25H25N3O3/c1-16-12-23(27-21-8-5-11-26-15-21)22-14-19(9-10-24(22)28(16)17(2)29)18-6-4-7-20(13-18)25(30)31-3/h4-11,13-16,23,27H,12H2,1-3H3/t16-,23+/m0/s1. The molecule has 2 heterocycles. The summed E-state index contributed by atoms with van der Waals surface area (Å²) >= 11 is 0. The van der Waals surface area contributed by atoms with Gasteiger partial charge in [-0.1, -0.05) is 18.2 Å². The summed E-state index contributed by atoms with van der Waals surface area (Å²) in [5.74, 6) is -0.346. The Morgan fingerprint density at radius 1 is 1.10 bits per heavy atom. The third kappa shape index (κ3) is 4.14. The molecule has 0 spiro atoms. The number of amides is 1. The highest BCUT2D eigenvalue weighted by molar-refractivity contribution is 5.95. The monoisotopic (exact) mass is 415 g/mol. The second-order valence-corrected chi connectivity index (χ2v) is 7.76. The number of anilines is 2. The Morgan fingerprint density at radius 3 is 2.61 bits per heavy atom. The molecule has 6 nitrogen and oxygen atoms in total. The van der Waals surface area contributed by atoms with E-state index in [2.05, 4.69) is 23.3 Å². The maximum absolute atomic E-state index is 12.4. The van der Waals surface area contributed by atoms with Crippen LogP contribution in [0.25, 0.3) is 11.1 Å². The predicted molar refractivity (Wildman–Crippen MR) is 121 cm³/mol. The highest BCUT2D eigenvalue weighted by Gasteiger charge is 2.32. The Hall–Kier alpha value is -3.67. The lowest BCUT2D eigenvalue weighted by atomic mass is 9.88. The summed E-state index contributed by atoms with van der Waals surface area (Å²) in [7, 11) is 1.38. The molecule has 3 aromatic rings. The van der Waals surface area contributed by atoms with Crippen molar-refractivity contribution in [2.24, 2.45) is 0 Å². The minimum absolute atomic E-state index is 0.0218. The quantitative estimate of drug-likeness (QED) is 0.618. The first-order valence-corrected chi connectivity index (χ1v) is 10.3. The number of hydrogen-bond donors (Lipinski definition) is 1. The van der Waals surface area contributed by atoms with Crippen LogP contribution < -0.4 is 10.2 Å². The minimum atomic E-state index is -0.368. The Bertz CT molecular complexity index is 1110. The van der Waals surface area contributed by atoms with Crippen molar-refractivity contribution in [3.63, 3.8) is 0 Å². The number of nitrogens with zero attached hydrogens (tertiary/aromatic N) is 2. The molecule has 1 aliphatic heterocycles. The van der Waals surface area contributed by atoms with E-state index in [-0.39, 0.29) is 24.0 Å². The second kappa shape index (κ2) is 8.60. The number of aromatic nitrogens is 1. The average molecular weight is 415 g/mol. The first-order chi connectivity index (χ1) is 15.0. The van der Waals surface area contributed by atoms with Gasteiger partial charge in [0.15, 0.2) is 0 Å². The van der Waals surface area contributed by atoms with E-state index in [0.29, 0.717) is 5.56 Å². The number of esters is 1. The van der Waals surface area contributed by atoms with Crippen LogP contribution in [0.3, 0.4) is 0 Å². The van der Waals surface area contributed by atoms with Crippen LogP contribution in [0.4, 0.5) is 11.4 Å². The van der Waals surface area contributed by atoms with E-state index >= 15 is 0 Å². The molecule has 2 atom stereocenters. The van der Waals surface area contributed by atoms with Gasteiger partial charge in [-0.3, -0.25) is 9.78 Å². The van der Waals surface area contributed by atoms with Crippen LogP contribution in [0.1, 0.15) is 42.2 Å². The van der Waals surface area contributed by atoms with Gasteiger partial charge in [0.1, 0.15) is 0 Å². The van der Waals surface area contributed by atoms with Crippen LogP contribution in [0.2, 0.25) is 0 Å². The lowest BCUT2D eigenvalue weighted by Crippen LogP contribution is -2.43. The molecular formula is C25H25N3O3. The molecule has 0 radical (unpaired) electrons. The van der Waals surface area contributed by atoms with E-state index in [1.165, 1.54) is 7.11 Å². The summed E-state index contributed by atoms with van der Waals surface area (Å²) in [4.78, 5) is 30.4. The van der Waals surface area contributed by atoms with Gasteiger partial charge in [0.25, 0.3) is 0 Å². The zero-order chi connectivity index (χ0) is 22.0. The normalized spacial score (nSPS) is 17.6. The highest BCUT2D eigenvalue weighted by atomic mass is 16.5. The SMILES string of the molecule is COC(=O)c1cccc(-c2ccc3c(c2)[C@H](Nc2cccnc2)C[C@H](C)N3C(C)=O)c1. The summed E-state index contributed by atoms with van der Waals surface area (Å²) in [5.41, 5.74) is 5.26. The largest absolute Gasteiger partial charge is 0.465 e. The number of carbonyl (C=O) groups excluding carboxylic acids is 2. The number of benzene rings is 2. The van der Waals surface area contributed by atoms with Crippen molar-refractivity contribution in [2.75, 3.05) is 17.3 Å². The maximum Gasteiger partial charge on any atom is 0.337 e. The second-order valence-electron chi connectivity index (χ2n) is 7.76. The average Bonchev–Trinajstić information content (AvgIpc) is 2.79. The molecule has 0 saturated carbocycles. The van der Waals surface area contributed by atoms with Crippen molar-refractivity contribution in [2.45, 2.75) is 32.4 Å². The fraction of sp³-hybridized carbons (Fsp3) is 0.240. The number of carbonyl (C=O) groups is 2. The maximum atomic E-state index is 12.4. The van der Waals surface area contributed by atoms with Gasteiger partial charge in [-0.05, 0) is 66.4 Å². The fourth-order valence-corrected chi connectivity index (χ4v) is 4.25. The fourth-order valence-electron chi connectivity index (χ4n) is 4.25. The van der Waals surface area contributed by atoms with Gasteiger partial charge >= 0.3 is 5.97 Å². The summed E-state index contributed by atoms with van der Waals surface area (Å²) in [6, 6.07) is 17.4. The zero-order valence-corrected chi connectivity index (χ0v) is 17.8. The Labute approximate surface area is 181 Å². The summed E-state index contributed by atoms with van der Waals surface area (Å²) in [6.07, 6.45) is 4.31. The molecule has 0 aliphatic carbocycles. The molecule has 1 N–H and O–H groups in total. The van der Waals surface area contributed by atoms with Crippen LogP contribution in [-0.4, -0.2) is 30.0 Å². The predicted octanol–water partition coefficient (Wildman–Crippen LogP) is 4.83. The molecule has 0 unspecified atom stereocenters. The van der Waals surface area contributed by atoms with E-state index in [1.807, 2.05) is 47.4 Å². The van der Waals surface area contributed by atoms with Gasteiger partial charge in [0.05, 0.1) is 24.4 Å². The number of methoxy groups -OCH3 is 1. The number of fused-ring (bicyclic) bond motifs is 1. The number of pyridine rings is 1. The van der Waals surface area contributed by atoms with E-state index in [9.17, 15) is 9.59 Å². The molecule has 0 saturated heterocycles. The summed E-state index contributed by atoms with van der Waals surface area (Å²) in [5, 5.41) is 3.57. The van der Waals surface area contributed by atoms with Gasteiger partial charge in [0.2, 0.25) is 5.91 Å². The number of nitrogens with one attached hydrogen (secondary N) is 1. The van der Waals surface area contributed by atoms with E-state index in [1.54, 1.807) is 25.4 Å². The molecule has 1 amide bonds. The molecule has 1 aromatic heterocycles. The lowest BCUT2D eigenvalue weighted by Gasteiger charge is -2.39. The van der Waals surface area contributed by atoms with Crippen LogP contribution >= 0.6 is 0 Å². The molecule has 1 aliphatic rings. The van der Waals surface area contributed by atoms with Crippen LogP contribution in [0, 0.1) is 0 Å². The smallest absolute Gasteiger partial charge is 0.337 e. The number of rotatable bonds is 4. The van der Waals surface area contributed by atoms with E-state index in [4.69, 9.17) is 4.74 Å². The topological polar surface area (TPSA) is 71.5 Å². The van der Waals surface area contributed by atoms with Gasteiger partial charge in [-0.2, -0.15) is 0 Å². The molecule has 0 fully saturated rings. The summed E-state index contributed by atoms with van der Waals surface area (Å²) < 4.78 is 4.85. The first kappa shape index (κ1) is 20.6. The number of ether oxygens (including phenoxy) is 1. The van der Waals surface area contributed by atoms with Gasteiger partial charge in [-0.25, -0.2) is 4.79 Å². The molecule has 158 valence electrons. The molecule has 31 heavy (non-hydrogen) atoms. The zero-order valence-electron chi connectivity index (χ0n) is 17.8. The van der Waals surface area contributed by atoms with Crippen molar-refractivity contribution in [1.82, 2.24) is 4.98 Å².